The highest BCUT2D eigenvalue weighted by Gasteiger charge is 2.20. The van der Waals surface area contributed by atoms with Crippen LogP contribution in [-0.4, -0.2) is 25.1 Å². The van der Waals surface area contributed by atoms with Gasteiger partial charge in [-0.1, -0.05) is 48.5 Å². The Morgan fingerprint density at radius 1 is 1.00 bits per heavy atom. The third-order valence-corrected chi connectivity index (χ3v) is 3.42. The second-order valence-corrected chi connectivity index (χ2v) is 4.87. The first kappa shape index (κ1) is 16.4. The Balaban J connectivity index is 2.62. The summed E-state index contributed by atoms with van der Waals surface area (Å²) in [4.78, 5) is 35.7. The Labute approximate surface area is 134 Å². The number of hydrogen-bond acceptors (Lipinski definition) is 4. The molecule has 0 N–H and O–H groups in total. The Morgan fingerprint density at radius 2 is 1.61 bits per heavy atom. The van der Waals surface area contributed by atoms with Crippen molar-refractivity contribution in [1.82, 2.24) is 0 Å². The predicted octanol–water partition coefficient (Wildman–Crippen LogP) is 2.89. The van der Waals surface area contributed by atoms with Gasteiger partial charge in [0.2, 0.25) is 6.29 Å². The summed E-state index contributed by atoms with van der Waals surface area (Å²) in [5.41, 5.74) is 1.90. The van der Waals surface area contributed by atoms with E-state index in [2.05, 4.69) is 4.74 Å². The third kappa shape index (κ3) is 3.61. The number of rotatable bonds is 5. The molecule has 0 amide bonds. The van der Waals surface area contributed by atoms with Gasteiger partial charge in [-0.05, 0) is 18.1 Å². The van der Waals surface area contributed by atoms with E-state index in [1.165, 1.54) is 7.11 Å². The number of methoxy groups -OCH3 is 1. The quantitative estimate of drug-likeness (QED) is 0.484. The van der Waals surface area contributed by atoms with Gasteiger partial charge >= 0.3 is 5.97 Å². The van der Waals surface area contributed by atoms with Crippen LogP contribution in [0, 0.1) is 6.92 Å². The number of esters is 1. The average Bonchev–Trinajstić information content (AvgIpc) is 2.59. The number of ether oxygens (including phenoxy) is 1. The van der Waals surface area contributed by atoms with Gasteiger partial charge in [-0.15, -0.1) is 0 Å². The summed E-state index contributed by atoms with van der Waals surface area (Å²) in [7, 11) is 1.23. The van der Waals surface area contributed by atoms with Crippen molar-refractivity contribution in [2.45, 2.75) is 6.92 Å². The van der Waals surface area contributed by atoms with Crippen LogP contribution in [-0.2, 0) is 14.3 Å². The second-order valence-electron chi connectivity index (χ2n) is 4.87. The minimum atomic E-state index is -0.664. The maximum atomic E-state index is 12.9. The van der Waals surface area contributed by atoms with Crippen molar-refractivity contribution >= 4 is 23.6 Å². The van der Waals surface area contributed by atoms with E-state index in [4.69, 9.17) is 0 Å². The Kier molecular flexibility index (Phi) is 5.20. The first-order valence-electron chi connectivity index (χ1n) is 6.96. The third-order valence-electron chi connectivity index (χ3n) is 3.42. The molecule has 0 aliphatic heterocycles. The lowest BCUT2D eigenvalue weighted by atomic mass is 9.91. The lowest BCUT2D eigenvalue weighted by Gasteiger charge is -2.11. The summed E-state index contributed by atoms with van der Waals surface area (Å²) in [5.74, 6) is -1.01. The van der Waals surface area contributed by atoms with Gasteiger partial charge in [0.05, 0.1) is 7.11 Å². The molecule has 2 aromatic rings. The molecular weight excluding hydrogens is 292 g/mol. The average molecular weight is 307 g/mol. The lowest BCUT2D eigenvalue weighted by molar-refractivity contribution is -0.134. The molecule has 0 bridgehead atoms. The van der Waals surface area contributed by atoms with Crippen LogP contribution < -0.4 is 0 Å². The number of hydrogen-bond donors (Lipinski definition) is 0. The molecular formula is C19H15O4. The van der Waals surface area contributed by atoms with E-state index < -0.39 is 5.97 Å². The van der Waals surface area contributed by atoms with Crippen LogP contribution in [0.3, 0.4) is 0 Å². The van der Waals surface area contributed by atoms with Gasteiger partial charge in [0, 0.05) is 22.8 Å². The molecule has 0 saturated carbocycles. The summed E-state index contributed by atoms with van der Waals surface area (Å²) >= 11 is 0. The van der Waals surface area contributed by atoms with E-state index >= 15 is 0 Å². The highest BCUT2D eigenvalue weighted by atomic mass is 16.5. The molecule has 0 heterocycles. The van der Waals surface area contributed by atoms with Crippen molar-refractivity contribution in [3.8, 4) is 0 Å². The number of Topliss-reactive ketones (excluding diaryl/α,β-unsaturated/α-hetero) is 1. The lowest BCUT2D eigenvalue weighted by Crippen LogP contribution is -2.09. The first-order chi connectivity index (χ1) is 11.1. The van der Waals surface area contributed by atoms with Gasteiger partial charge in [0.25, 0.3) is 0 Å². The van der Waals surface area contributed by atoms with Crippen LogP contribution in [0.2, 0.25) is 0 Å². The van der Waals surface area contributed by atoms with Crippen molar-refractivity contribution < 1.29 is 19.1 Å². The molecule has 0 unspecified atom stereocenters. The predicted molar refractivity (Wildman–Crippen MR) is 86.7 cm³/mol. The van der Waals surface area contributed by atoms with E-state index in [9.17, 15) is 14.4 Å². The normalized spacial score (nSPS) is 11.0. The number of carbonyl (C=O) groups excluding carboxylic acids is 3. The standard InChI is InChI=1S/C19H15O4/c1-13-7-3-5-9-15(13)19(22)17(11-18(21)23-2)16-10-6-4-8-14(16)12-20/h3-11H,1-2H3. The summed E-state index contributed by atoms with van der Waals surface area (Å²) in [6.07, 6.45) is 2.90. The Bertz CT molecular complexity index is 787. The van der Waals surface area contributed by atoms with E-state index in [1.807, 2.05) is 6.07 Å². The molecule has 115 valence electrons. The van der Waals surface area contributed by atoms with Gasteiger partial charge in [0.15, 0.2) is 5.78 Å². The molecule has 1 radical (unpaired) electrons. The maximum absolute atomic E-state index is 12.9. The molecule has 4 nitrogen and oxygen atoms in total. The van der Waals surface area contributed by atoms with Crippen LogP contribution in [0.4, 0.5) is 0 Å². The minimum Gasteiger partial charge on any atom is -0.466 e. The van der Waals surface area contributed by atoms with E-state index in [0.29, 0.717) is 11.1 Å². The second kappa shape index (κ2) is 7.31. The van der Waals surface area contributed by atoms with E-state index in [0.717, 1.165) is 11.6 Å². The van der Waals surface area contributed by atoms with Gasteiger partial charge in [-0.2, -0.15) is 0 Å². The zero-order valence-electron chi connectivity index (χ0n) is 12.8. The molecule has 0 atom stereocenters. The molecule has 0 aliphatic rings. The fourth-order valence-corrected chi connectivity index (χ4v) is 2.22. The number of benzene rings is 2. The van der Waals surface area contributed by atoms with Gasteiger partial charge in [0.1, 0.15) is 0 Å². The molecule has 0 fully saturated rings. The number of ketones is 1. The number of carbonyl (C=O) groups is 2. The Hall–Kier alpha value is -3.01. The highest BCUT2D eigenvalue weighted by molar-refractivity contribution is 6.32. The van der Waals surface area contributed by atoms with E-state index in [1.54, 1.807) is 55.7 Å². The number of aryl methyl sites for hydroxylation is 1. The molecule has 23 heavy (non-hydrogen) atoms. The molecule has 0 aromatic heterocycles. The fraction of sp³-hybridized carbons (Fsp3) is 0.105. The van der Waals surface area contributed by atoms with Crippen LogP contribution in [0.1, 0.15) is 27.0 Å². The molecule has 0 spiro atoms. The van der Waals surface area contributed by atoms with Gasteiger partial charge < -0.3 is 4.74 Å². The zero-order chi connectivity index (χ0) is 16.8. The summed E-state index contributed by atoms with van der Waals surface area (Å²) in [6.45, 7) is 1.81. The molecule has 4 heteroatoms. The number of allylic oxidation sites excluding steroid dienone is 1. The van der Waals surface area contributed by atoms with Gasteiger partial charge in [-0.25, -0.2) is 4.79 Å². The van der Waals surface area contributed by atoms with Crippen LogP contribution in [0.5, 0.6) is 0 Å². The Morgan fingerprint density at radius 3 is 2.22 bits per heavy atom. The SMILES string of the molecule is COC(=O)C=C(C(=O)c1ccccc1C)c1ccccc1[C]=O. The van der Waals surface area contributed by atoms with Crippen molar-refractivity contribution in [1.29, 1.82) is 0 Å². The smallest absolute Gasteiger partial charge is 0.331 e. The van der Waals surface area contributed by atoms with Gasteiger partial charge in [-0.3, -0.25) is 9.59 Å². The van der Waals surface area contributed by atoms with Crippen molar-refractivity contribution in [3.05, 3.63) is 76.9 Å². The van der Waals surface area contributed by atoms with Crippen molar-refractivity contribution in [2.24, 2.45) is 0 Å². The zero-order valence-corrected chi connectivity index (χ0v) is 12.8. The maximum Gasteiger partial charge on any atom is 0.331 e. The highest BCUT2D eigenvalue weighted by Crippen LogP contribution is 2.24. The van der Waals surface area contributed by atoms with E-state index in [-0.39, 0.29) is 16.9 Å². The largest absolute Gasteiger partial charge is 0.466 e. The summed E-state index contributed by atoms with van der Waals surface area (Å²) in [6, 6.07) is 13.5. The summed E-state index contributed by atoms with van der Waals surface area (Å²) < 4.78 is 4.63. The molecule has 2 aromatic carbocycles. The summed E-state index contributed by atoms with van der Waals surface area (Å²) in [5, 5.41) is 0. The monoisotopic (exact) mass is 307 g/mol. The molecule has 0 aliphatic carbocycles. The molecule has 0 saturated heterocycles. The van der Waals surface area contributed by atoms with Crippen LogP contribution in [0.25, 0.3) is 5.57 Å². The van der Waals surface area contributed by atoms with Crippen LogP contribution in [0.15, 0.2) is 54.6 Å². The first-order valence-corrected chi connectivity index (χ1v) is 6.96. The molecule has 2 rings (SSSR count). The fourth-order valence-electron chi connectivity index (χ4n) is 2.22. The van der Waals surface area contributed by atoms with Crippen molar-refractivity contribution in [2.75, 3.05) is 7.11 Å². The minimum absolute atomic E-state index is 0.102. The van der Waals surface area contributed by atoms with Crippen LogP contribution >= 0.6 is 0 Å². The van der Waals surface area contributed by atoms with Crippen molar-refractivity contribution in [3.63, 3.8) is 0 Å². The topological polar surface area (TPSA) is 60.4 Å².